The third-order valence-electron chi connectivity index (χ3n) is 6.24. The molecule has 0 saturated carbocycles. The summed E-state index contributed by atoms with van der Waals surface area (Å²) < 4.78 is 66.6. The molecule has 182 valence electrons. The van der Waals surface area contributed by atoms with E-state index in [0.29, 0.717) is 22.9 Å². The van der Waals surface area contributed by atoms with E-state index in [0.717, 1.165) is 26.8 Å². The molecule has 3 aromatic carbocycles. The minimum Gasteiger partial charge on any atom is -0.359 e. The van der Waals surface area contributed by atoms with Crippen molar-refractivity contribution in [2.45, 2.75) is 37.8 Å². The van der Waals surface area contributed by atoms with Gasteiger partial charge in [-0.05, 0) is 26.8 Å². The fourth-order valence-corrected chi connectivity index (χ4v) is 4.18. The summed E-state index contributed by atoms with van der Waals surface area (Å²) in [6, 6.07) is 19.3. The monoisotopic (exact) mass is 484 g/mol. The molecule has 0 bridgehead atoms. The Kier molecular flexibility index (Phi) is 6.27. The second-order valence-corrected chi connectivity index (χ2v) is 9.02. The molecule has 1 unspecified atom stereocenters. The summed E-state index contributed by atoms with van der Waals surface area (Å²) in [5.74, 6) is -6.88. The van der Waals surface area contributed by atoms with Gasteiger partial charge in [0.1, 0.15) is 23.6 Å². The number of hydrogen-bond acceptors (Lipinski definition) is 3. The van der Waals surface area contributed by atoms with Crippen LogP contribution in [0.15, 0.2) is 77.8 Å². The highest BCUT2D eigenvalue weighted by atomic mass is 19.3. The molecule has 1 amide bonds. The van der Waals surface area contributed by atoms with Gasteiger partial charge in [0.2, 0.25) is 5.91 Å². The van der Waals surface area contributed by atoms with Crippen LogP contribution in [0, 0.1) is 11.6 Å². The van der Waals surface area contributed by atoms with Crippen LogP contribution in [0.4, 0.5) is 23.2 Å². The summed E-state index contributed by atoms with van der Waals surface area (Å²) in [4.78, 5) is 16.7. The number of amides is 1. The molecular weight excluding hydrogens is 460 g/mol. The van der Waals surface area contributed by atoms with Crippen molar-refractivity contribution < 1.29 is 27.1 Å². The molecule has 1 fully saturated rings. The number of hydrogen-bond donors (Lipinski definition) is 1. The van der Waals surface area contributed by atoms with E-state index in [9.17, 15) is 9.18 Å². The van der Waals surface area contributed by atoms with Crippen LogP contribution in [0.1, 0.15) is 37.5 Å². The van der Waals surface area contributed by atoms with Crippen LogP contribution in [-0.2, 0) is 15.1 Å². The van der Waals surface area contributed by atoms with Crippen LogP contribution < -0.4 is 5.32 Å². The lowest BCUT2D eigenvalue weighted by Crippen LogP contribution is -2.62. The van der Waals surface area contributed by atoms with E-state index in [-0.39, 0.29) is 5.69 Å². The second kappa shape index (κ2) is 8.92. The lowest BCUT2D eigenvalue weighted by molar-refractivity contribution is -0.216. The lowest BCUT2D eigenvalue weighted by Gasteiger charge is -2.43. The van der Waals surface area contributed by atoms with E-state index in [4.69, 9.17) is 4.74 Å². The average Bonchev–Trinajstić information content (AvgIpc) is 2.88. The van der Waals surface area contributed by atoms with E-state index in [1.54, 1.807) is 48.5 Å². The molecule has 1 aliphatic heterocycles. The van der Waals surface area contributed by atoms with Crippen LogP contribution in [-0.4, -0.2) is 29.7 Å². The molecule has 1 atom stereocenters. The maximum atomic E-state index is 15.7. The molecule has 1 aliphatic rings. The van der Waals surface area contributed by atoms with E-state index in [2.05, 4.69) is 10.3 Å². The summed E-state index contributed by atoms with van der Waals surface area (Å²) in [5.41, 5.74) is -3.94. The molecule has 8 heteroatoms. The van der Waals surface area contributed by atoms with Crippen molar-refractivity contribution >= 4 is 17.3 Å². The first kappa shape index (κ1) is 24.6. The van der Waals surface area contributed by atoms with Gasteiger partial charge in [0.15, 0.2) is 5.82 Å². The highest BCUT2D eigenvalue weighted by Gasteiger charge is 2.64. The third-order valence-corrected chi connectivity index (χ3v) is 6.24. The van der Waals surface area contributed by atoms with E-state index in [1.807, 2.05) is 12.1 Å². The second-order valence-electron chi connectivity index (χ2n) is 9.02. The minimum atomic E-state index is -3.77. The van der Waals surface area contributed by atoms with Gasteiger partial charge in [-0.25, -0.2) is 22.6 Å². The zero-order valence-corrected chi connectivity index (χ0v) is 19.4. The Labute approximate surface area is 200 Å². The molecule has 3 aromatic rings. The number of rotatable bonds is 4. The number of alkyl halides is 2. The van der Waals surface area contributed by atoms with Gasteiger partial charge in [-0.3, -0.25) is 4.79 Å². The number of ether oxygens (including phenoxy) is 1. The molecule has 0 aromatic heterocycles. The van der Waals surface area contributed by atoms with Gasteiger partial charge < -0.3 is 10.1 Å². The van der Waals surface area contributed by atoms with Gasteiger partial charge in [0.05, 0.1) is 11.4 Å². The number of aliphatic imine (C=N–C) groups is 1. The van der Waals surface area contributed by atoms with Crippen LogP contribution >= 0.6 is 0 Å². The maximum absolute atomic E-state index is 15.7. The van der Waals surface area contributed by atoms with Crippen molar-refractivity contribution in [3.05, 3.63) is 101 Å². The Hall–Kier alpha value is -3.52. The highest BCUT2D eigenvalue weighted by molar-refractivity contribution is 6.13. The Morgan fingerprint density at radius 3 is 1.97 bits per heavy atom. The lowest BCUT2D eigenvalue weighted by atomic mass is 9.77. The summed E-state index contributed by atoms with van der Waals surface area (Å²) >= 11 is 0. The van der Waals surface area contributed by atoms with Crippen LogP contribution in [0.5, 0.6) is 0 Å². The van der Waals surface area contributed by atoms with Crippen LogP contribution in [0.3, 0.4) is 0 Å². The minimum absolute atomic E-state index is 0.349. The summed E-state index contributed by atoms with van der Waals surface area (Å²) in [6.45, 7) is 2.61. The third kappa shape index (κ3) is 4.34. The molecule has 4 nitrogen and oxygen atoms in total. The first-order valence-electron chi connectivity index (χ1n) is 11.0. The first-order valence-corrected chi connectivity index (χ1v) is 11.0. The van der Waals surface area contributed by atoms with Crippen molar-refractivity contribution in [1.82, 2.24) is 5.32 Å². The fourth-order valence-electron chi connectivity index (χ4n) is 4.18. The largest absolute Gasteiger partial charge is 0.359 e. The smallest absolute Gasteiger partial charge is 0.302 e. The molecule has 1 heterocycles. The van der Waals surface area contributed by atoms with Crippen LogP contribution in [0.2, 0.25) is 0 Å². The van der Waals surface area contributed by atoms with Gasteiger partial charge in [-0.1, -0.05) is 60.7 Å². The van der Waals surface area contributed by atoms with Gasteiger partial charge in [-0.2, -0.15) is 0 Å². The zero-order valence-electron chi connectivity index (χ0n) is 19.4. The summed E-state index contributed by atoms with van der Waals surface area (Å²) in [6.07, 6.45) is 0. The molecule has 35 heavy (non-hydrogen) atoms. The average molecular weight is 484 g/mol. The number of nitrogens with zero attached hydrogens (tertiary/aromatic N) is 1. The quantitative estimate of drug-likeness (QED) is 0.370. The molecule has 0 spiro atoms. The van der Waals surface area contributed by atoms with Crippen molar-refractivity contribution in [2.75, 3.05) is 6.61 Å². The Morgan fingerprint density at radius 2 is 1.43 bits per heavy atom. The normalized spacial score (nSPS) is 21.1. The maximum Gasteiger partial charge on any atom is 0.302 e. The number of halogens is 4. The SMILES string of the molecule is CC1(C)OCC(=O)NC(C)(c2cc(N=C(c3ccccc3)c3ccccc3)c(F)cc2F)C1(F)F. The van der Waals surface area contributed by atoms with Crippen molar-refractivity contribution in [3.63, 3.8) is 0 Å². The van der Waals surface area contributed by atoms with E-state index in [1.165, 1.54) is 0 Å². The molecule has 1 N–H and O–H groups in total. The molecule has 4 rings (SSSR count). The van der Waals surface area contributed by atoms with E-state index < -0.39 is 46.8 Å². The molecule has 1 saturated heterocycles. The molecule has 0 aliphatic carbocycles. The highest BCUT2D eigenvalue weighted by Crippen LogP contribution is 2.48. The standard InChI is InChI=1S/C27H24F4N2O2/c1-25(2)27(30,31)26(3,33-23(34)16-35-25)19-14-22(21(29)15-20(19)28)32-24(17-10-6-4-7-11-17)18-12-8-5-9-13-18/h4-15H,16H2,1-3H3,(H,33,34). The molecule has 0 radical (unpaired) electrons. The van der Waals surface area contributed by atoms with Crippen molar-refractivity contribution in [1.29, 1.82) is 0 Å². The van der Waals surface area contributed by atoms with Gasteiger partial charge in [0, 0.05) is 22.8 Å². The van der Waals surface area contributed by atoms with Gasteiger partial charge in [-0.15, -0.1) is 0 Å². The summed E-state index contributed by atoms with van der Waals surface area (Å²) in [7, 11) is 0. The first-order chi connectivity index (χ1) is 16.5. The fraction of sp³-hybridized carbons (Fsp3) is 0.259. The Bertz CT molecular complexity index is 1240. The molecular formula is C27H24F4N2O2. The summed E-state index contributed by atoms with van der Waals surface area (Å²) in [5, 5.41) is 2.20. The number of benzene rings is 3. The Morgan fingerprint density at radius 1 is 0.886 bits per heavy atom. The van der Waals surface area contributed by atoms with Crippen molar-refractivity contribution in [3.8, 4) is 0 Å². The topological polar surface area (TPSA) is 50.7 Å². The predicted molar refractivity (Wildman–Crippen MR) is 125 cm³/mol. The number of nitrogens with one attached hydrogen (secondary N) is 1. The number of carbonyl (C=O) groups is 1. The van der Waals surface area contributed by atoms with Crippen LogP contribution in [0.25, 0.3) is 0 Å². The van der Waals surface area contributed by atoms with Gasteiger partial charge >= 0.3 is 5.92 Å². The van der Waals surface area contributed by atoms with E-state index >= 15 is 13.2 Å². The zero-order chi connectivity index (χ0) is 25.4. The predicted octanol–water partition coefficient (Wildman–Crippen LogP) is 5.91. The van der Waals surface area contributed by atoms with Crippen molar-refractivity contribution in [2.24, 2.45) is 4.99 Å². The Balaban J connectivity index is 1.94. The number of carbonyl (C=O) groups excluding carboxylic acids is 1. The van der Waals surface area contributed by atoms with Gasteiger partial charge in [0.25, 0.3) is 0 Å².